The van der Waals surface area contributed by atoms with Crippen LogP contribution in [0.2, 0.25) is 0 Å². The van der Waals surface area contributed by atoms with Gasteiger partial charge in [-0.25, -0.2) is 0 Å². The van der Waals surface area contributed by atoms with Gasteiger partial charge in [-0.15, -0.1) is 0 Å². The van der Waals surface area contributed by atoms with Crippen molar-refractivity contribution in [1.29, 1.82) is 0 Å². The molecule has 0 atom stereocenters. The molecule has 0 saturated carbocycles. The van der Waals surface area contributed by atoms with Crippen molar-refractivity contribution in [3.63, 3.8) is 0 Å². The van der Waals surface area contributed by atoms with Crippen LogP contribution in [0.25, 0.3) is 0 Å². The van der Waals surface area contributed by atoms with Crippen LogP contribution < -0.4 is 0 Å². The van der Waals surface area contributed by atoms with Gasteiger partial charge in [0, 0.05) is 0 Å². The number of phenolic OH excluding ortho intramolecular Hbond substituents is 1. The highest BCUT2D eigenvalue weighted by atomic mass is 16.4. The van der Waals surface area contributed by atoms with Gasteiger partial charge in [0.25, 0.3) is 0 Å². The quantitative estimate of drug-likeness (QED) is 0.775. The van der Waals surface area contributed by atoms with Crippen molar-refractivity contribution in [1.82, 2.24) is 0 Å². The molecule has 0 heterocycles. The minimum Gasteiger partial charge on any atom is -0.508 e. The molecule has 3 nitrogen and oxygen atoms in total. The second-order valence-corrected chi connectivity index (χ2v) is 3.62. The molecule has 3 heteroatoms. The van der Waals surface area contributed by atoms with Crippen LogP contribution >= 0.6 is 0 Å². The van der Waals surface area contributed by atoms with Crippen LogP contribution in [-0.4, -0.2) is 16.2 Å². The molecule has 0 bridgehead atoms. The SMILES string of the molecule is CC(C)c1cc(CC(=O)O)ccc1O. The lowest BCUT2D eigenvalue weighted by Crippen LogP contribution is -2.01. The Bertz CT molecular complexity index is 342. The summed E-state index contributed by atoms with van der Waals surface area (Å²) in [6.07, 6.45) is 0. The lowest BCUT2D eigenvalue weighted by atomic mass is 9.98. The summed E-state index contributed by atoms with van der Waals surface area (Å²) in [5, 5.41) is 18.1. The summed E-state index contributed by atoms with van der Waals surface area (Å²) in [6.45, 7) is 3.92. The molecule has 0 aromatic heterocycles. The average Bonchev–Trinajstić information content (AvgIpc) is 2.07. The standard InChI is InChI=1S/C11H14O3/c1-7(2)9-5-8(6-11(13)14)3-4-10(9)12/h3-5,7,12H,6H2,1-2H3,(H,13,14). The predicted octanol–water partition coefficient (Wildman–Crippen LogP) is 2.14. The van der Waals surface area contributed by atoms with Gasteiger partial charge >= 0.3 is 5.97 Å². The normalized spacial score (nSPS) is 10.5. The zero-order valence-electron chi connectivity index (χ0n) is 8.32. The molecule has 0 aliphatic heterocycles. The number of hydrogen-bond acceptors (Lipinski definition) is 2. The maximum Gasteiger partial charge on any atom is 0.307 e. The molecule has 76 valence electrons. The molecule has 2 N–H and O–H groups in total. The number of carboxylic acid groups (broad SMARTS) is 1. The molecule has 0 fully saturated rings. The largest absolute Gasteiger partial charge is 0.508 e. The van der Waals surface area contributed by atoms with E-state index in [9.17, 15) is 9.90 Å². The Morgan fingerprint density at radius 1 is 1.43 bits per heavy atom. The highest BCUT2D eigenvalue weighted by molar-refractivity contribution is 5.70. The minimum atomic E-state index is -0.856. The Kier molecular flexibility index (Phi) is 3.12. The molecule has 1 aromatic carbocycles. The maximum absolute atomic E-state index is 10.5. The molecular weight excluding hydrogens is 180 g/mol. The van der Waals surface area contributed by atoms with Gasteiger partial charge in [-0.2, -0.15) is 0 Å². The summed E-state index contributed by atoms with van der Waals surface area (Å²) in [7, 11) is 0. The highest BCUT2D eigenvalue weighted by Crippen LogP contribution is 2.26. The van der Waals surface area contributed by atoms with E-state index in [0.29, 0.717) is 0 Å². The van der Waals surface area contributed by atoms with E-state index >= 15 is 0 Å². The zero-order valence-corrected chi connectivity index (χ0v) is 8.32. The Balaban J connectivity index is 3.00. The summed E-state index contributed by atoms with van der Waals surface area (Å²) in [6, 6.07) is 4.93. The van der Waals surface area contributed by atoms with Gasteiger partial charge in [0.15, 0.2) is 0 Å². The first kappa shape index (κ1) is 10.6. The molecule has 0 radical (unpaired) electrons. The summed E-state index contributed by atoms with van der Waals surface area (Å²) in [4.78, 5) is 10.5. The van der Waals surface area contributed by atoms with E-state index in [2.05, 4.69) is 0 Å². The molecular formula is C11H14O3. The Morgan fingerprint density at radius 2 is 2.07 bits per heavy atom. The van der Waals surface area contributed by atoms with Crippen molar-refractivity contribution < 1.29 is 15.0 Å². The number of rotatable bonds is 3. The summed E-state index contributed by atoms with van der Waals surface area (Å²) in [5.41, 5.74) is 1.52. The van der Waals surface area contributed by atoms with Crippen LogP contribution in [0.5, 0.6) is 5.75 Å². The van der Waals surface area contributed by atoms with Crippen molar-refractivity contribution in [3.05, 3.63) is 29.3 Å². The molecule has 0 saturated heterocycles. The second-order valence-electron chi connectivity index (χ2n) is 3.62. The molecule has 1 rings (SSSR count). The maximum atomic E-state index is 10.5. The molecule has 0 unspecified atom stereocenters. The van der Waals surface area contributed by atoms with Crippen molar-refractivity contribution in [2.45, 2.75) is 26.2 Å². The topological polar surface area (TPSA) is 57.5 Å². The predicted molar refractivity (Wildman–Crippen MR) is 53.5 cm³/mol. The van der Waals surface area contributed by atoms with Crippen LogP contribution in [0.15, 0.2) is 18.2 Å². The number of carbonyl (C=O) groups is 1. The van der Waals surface area contributed by atoms with E-state index in [1.165, 1.54) is 0 Å². The number of hydrogen-bond donors (Lipinski definition) is 2. The second kappa shape index (κ2) is 4.13. The van der Waals surface area contributed by atoms with E-state index in [-0.39, 0.29) is 18.1 Å². The minimum absolute atomic E-state index is 0. The number of carboxylic acids is 1. The highest BCUT2D eigenvalue weighted by Gasteiger charge is 2.08. The lowest BCUT2D eigenvalue weighted by Gasteiger charge is -2.09. The fourth-order valence-corrected chi connectivity index (χ4v) is 1.35. The van der Waals surface area contributed by atoms with E-state index in [0.717, 1.165) is 11.1 Å². The van der Waals surface area contributed by atoms with Crippen LogP contribution in [-0.2, 0) is 11.2 Å². The van der Waals surface area contributed by atoms with Crippen LogP contribution in [0.3, 0.4) is 0 Å². The number of aromatic hydroxyl groups is 1. The van der Waals surface area contributed by atoms with Gasteiger partial charge in [0.2, 0.25) is 0 Å². The fourth-order valence-electron chi connectivity index (χ4n) is 1.35. The molecule has 0 amide bonds. The van der Waals surface area contributed by atoms with Crippen LogP contribution in [0.4, 0.5) is 0 Å². The third-order valence-electron chi connectivity index (χ3n) is 2.07. The van der Waals surface area contributed by atoms with E-state index in [1.54, 1.807) is 18.2 Å². The van der Waals surface area contributed by atoms with Gasteiger partial charge in [0.1, 0.15) is 5.75 Å². The summed E-state index contributed by atoms with van der Waals surface area (Å²) >= 11 is 0. The smallest absolute Gasteiger partial charge is 0.307 e. The monoisotopic (exact) mass is 194 g/mol. The van der Waals surface area contributed by atoms with Crippen LogP contribution in [0.1, 0.15) is 30.9 Å². The first-order chi connectivity index (χ1) is 6.50. The van der Waals surface area contributed by atoms with Gasteiger partial charge in [-0.05, 0) is 23.1 Å². The third kappa shape index (κ3) is 2.49. The summed E-state index contributed by atoms with van der Waals surface area (Å²) < 4.78 is 0. The zero-order chi connectivity index (χ0) is 10.7. The van der Waals surface area contributed by atoms with Gasteiger partial charge in [-0.3, -0.25) is 4.79 Å². The van der Waals surface area contributed by atoms with Crippen molar-refractivity contribution >= 4 is 5.97 Å². The molecule has 14 heavy (non-hydrogen) atoms. The first-order valence-electron chi connectivity index (χ1n) is 4.54. The number of benzene rings is 1. The van der Waals surface area contributed by atoms with Crippen molar-refractivity contribution in [2.24, 2.45) is 0 Å². The van der Waals surface area contributed by atoms with E-state index in [4.69, 9.17) is 5.11 Å². The van der Waals surface area contributed by atoms with Gasteiger partial charge in [0.05, 0.1) is 6.42 Å². The first-order valence-corrected chi connectivity index (χ1v) is 4.54. The molecule has 0 aliphatic carbocycles. The van der Waals surface area contributed by atoms with E-state index < -0.39 is 5.97 Å². The van der Waals surface area contributed by atoms with E-state index in [1.807, 2.05) is 13.8 Å². The van der Waals surface area contributed by atoms with Crippen molar-refractivity contribution in [2.75, 3.05) is 0 Å². The summed E-state index contributed by atoms with van der Waals surface area (Å²) in [5.74, 6) is -0.428. The average molecular weight is 194 g/mol. The lowest BCUT2D eigenvalue weighted by molar-refractivity contribution is -0.136. The molecule has 0 spiro atoms. The Hall–Kier alpha value is -1.51. The van der Waals surface area contributed by atoms with Gasteiger partial charge < -0.3 is 10.2 Å². The Labute approximate surface area is 83.0 Å². The van der Waals surface area contributed by atoms with Crippen LogP contribution in [0, 0.1) is 0 Å². The number of aliphatic carboxylic acids is 1. The third-order valence-corrected chi connectivity index (χ3v) is 2.07. The van der Waals surface area contributed by atoms with Gasteiger partial charge in [-0.1, -0.05) is 26.0 Å². The fraction of sp³-hybridized carbons (Fsp3) is 0.364. The Morgan fingerprint density at radius 3 is 2.57 bits per heavy atom. The van der Waals surface area contributed by atoms with Crippen molar-refractivity contribution in [3.8, 4) is 5.75 Å². The molecule has 1 aromatic rings. The molecule has 0 aliphatic rings. The number of phenols is 1.